The number of nitriles is 1. The summed E-state index contributed by atoms with van der Waals surface area (Å²) in [5.41, 5.74) is 3.21. The van der Waals surface area contributed by atoms with Crippen LogP contribution in [0.25, 0.3) is 11.3 Å². The van der Waals surface area contributed by atoms with Gasteiger partial charge in [0.15, 0.2) is 5.13 Å². The van der Waals surface area contributed by atoms with E-state index >= 15 is 0 Å². The van der Waals surface area contributed by atoms with E-state index in [0.29, 0.717) is 17.9 Å². The van der Waals surface area contributed by atoms with Gasteiger partial charge in [0.05, 0.1) is 17.9 Å². The zero-order chi connectivity index (χ0) is 19.6. The zero-order valence-corrected chi connectivity index (χ0v) is 16.8. The monoisotopic (exact) mass is 392 g/mol. The normalized spacial score (nSPS) is 10.4. The van der Waals surface area contributed by atoms with Crippen LogP contribution in [0.4, 0.5) is 10.8 Å². The largest absolute Gasteiger partial charge is 0.492 e. The smallest absolute Gasteiger partial charge is 0.187 e. The summed E-state index contributed by atoms with van der Waals surface area (Å²) >= 11 is 1.52. The van der Waals surface area contributed by atoms with Crippen LogP contribution in [0.5, 0.6) is 5.75 Å². The van der Waals surface area contributed by atoms with Gasteiger partial charge in [0.25, 0.3) is 0 Å². The second-order valence-electron chi connectivity index (χ2n) is 6.49. The van der Waals surface area contributed by atoms with E-state index in [2.05, 4.69) is 28.3 Å². The maximum Gasteiger partial charge on any atom is 0.187 e. The fourth-order valence-electron chi connectivity index (χ4n) is 2.81. The van der Waals surface area contributed by atoms with E-state index in [1.165, 1.54) is 37.0 Å². The minimum Gasteiger partial charge on any atom is -0.492 e. The summed E-state index contributed by atoms with van der Waals surface area (Å²) in [7, 11) is 0. The first-order chi connectivity index (χ1) is 13.8. The number of aromatic nitrogens is 2. The van der Waals surface area contributed by atoms with Crippen molar-refractivity contribution in [1.82, 2.24) is 9.97 Å². The van der Waals surface area contributed by atoms with Gasteiger partial charge >= 0.3 is 0 Å². The van der Waals surface area contributed by atoms with E-state index in [0.717, 1.165) is 28.5 Å². The maximum atomic E-state index is 9.46. The number of benzene rings is 1. The van der Waals surface area contributed by atoms with Gasteiger partial charge in [0.1, 0.15) is 11.8 Å². The predicted octanol–water partition coefficient (Wildman–Crippen LogP) is 6.17. The molecule has 0 unspecified atom stereocenters. The van der Waals surface area contributed by atoms with Crippen LogP contribution in [0, 0.1) is 11.3 Å². The Hall–Kier alpha value is -2.91. The van der Waals surface area contributed by atoms with Crippen molar-refractivity contribution in [2.75, 3.05) is 11.9 Å². The van der Waals surface area contributed by atoms with Gasteiger partial charge in [-0.15, -0.1) is 11.3 Å². The first-order valence-electron chi connectivity index (χ1n) is 9.60. The van der Waals surface area contributed by atoms with Crippen molar-refractivity contribution >= 4 is 22.2 Å². The lowest BCUT2D eigenvalue weighted by Gasteiger charge is -2.10. The molecule has 6 heteroatoms. The summed E-state index contributed by atoms with van der Waals surface area (Å²) in [4.78, 5) is 8.72. The Bertz CT molecular complexity index is 918. The summed E-state index contributed by atoms with van der Waals surface area (Å²) in [6.07, 6.45) is 9.45. The highest BCUT2D eigenvalue weighted by Gasteiger charge is 2.08. The number of hydrogen-bond acceptors (Lipinski definition) is 6. The molecule has 3 rings (SSSR count). The van der Waals surface area contributed by atoms with Crippen LogP contribution in [-0.2, 0) is 0 Å². The van der Waals surface area contributed by atoms with E-state index in [-0.39, 0.29) is 0 Å². The second kappa shape index (κ2) is 10.4. The van der Waals surface area contributed by atoms with Crippen molar-refractivity contribution < 1.29 is 4.74 Å². The number of hydrogen-bond donors (Lipinski definition) is 1. The summed E-state index contributed by atoms with van der Waals surface area (Å²) in [5.74, 6) is 0.638. The Morgan fingerprint density at radius 3 is 2.86 bits per heavy atom. The van der Waals surface area contributed by atoms with Gasteiger partial charge in [-0.25, -0.2) is 4.98 Å². The van der Waals surface area contributed by atoms with E-state index in [1.54, 1.807) is 18.5 Å². The topological polar surface area (TPSA) is 70.8 Å². The highest BCUT2D eigenvalue weighted by atomic mass is 32.1. The van der Waals surface area contributed by atoms with E-state index < -0.39 is 0 Å². The Labute approximate surface area is 170 Å². The summed E-state index contributed by atoms with van der Waals surface area (Å²) in [5, 5.41) is 15.5. The number of pyridine rings is 1. The molecule has 5 nitrogen and oxygen atoms in total. The molecule has 0 saturated heterocycles. The van der Waals surface area contributed by atoms with Gasteiger partial charge in [0, 0.05) is 29.0 Å². The van der Waals surface area contributed by atoms with Crippen molar-refractivity contribution in [3.8, 4) is 23.1 Å². The highest BCUT2D eigenvalue weighted by Crippen LogP contribution is 2.29. The van der Waals surface area contributed by atoms with E-state index in [1.807, 2.05) is 29.6 Å². The minimum atomic E-state index is 0.530. The molecular weight excluding hydrogens is 368 g/mol. The number of anilines is 2. The Morgan fingerprint density at radius 2 is 2.07 bits per heavy atom. The fourth-order valence-corrected chi connectivity index (χ4v) is 3.55. The van der Waals surface area contributed by atoms with Crippen molar-refractivity contribution in [3.63, 3.8) is 0 Å². The molecule has 0 aliphatic heterocycles. The first-order valence-corrected chi connectivity index (χ1v) is 10.5. The van der Waals surface area contributed by atoms with Crippen LogP contribution in [-0.4, -0.2) is 16.6 Å². The molecule has 0 bridgehead atoms. The number of nitrogens with one attached hydrogen (secondary N) is 1. The van der Waals surface area contributed by atoms with Gasteiger partial charge in [-0.1, -0.05) is 32.6 Å². The van der Waals surface area contributed by atoms with Crippen LogP contribution in [0.15, 0.2) is 48.1 Å². The molecule has 0 spiro atoms. The van der Waals surface area contributed by atoms with Gasteiger partial charge in [-0.2, -0.15) is 5.26 Å². The van der Waals surface area contributed by atoms with Gasteiger partial charge in [-0.3, -0.25) is 4.98 Å². The quantitative estimate of drug-likeness (QED) is 0.418. The summed E-state index contributed by atoms with van der Waals surface area (Å²) in [6.45, 7) is 2.85. The molecule has 0 radical (unpaired) electrons. The molecule has 144 valence electrons. The van der Waals surface area contributed by atoms with Crippen LogP contribution in [0.3, 0.4) is 0 Å². The number of thiazole rings is 1. The molecule has 0 atom stereocenters. The average molecular weight is 393 g/mol. The third kappa shape index (κ3) is 5.54. The van der Waals surface area contributed by atoms with Crippen LogP contribution in [0.1, 0.15) is 44.6 Å². The highest BCUT2D eigenvalue weighted by molar-refractivity contribution is 7.14. The van der Waals surface area contributed by atoms with Crippen LogP contribution >= 0.6 is 11.3 Å². The minimum absolute atomic E-state index is 0.530. The van der Waals surface area contributed by atoms with Crippen molar-refractivity contribution in [2.45, 2.75) is 39.0 Å². The molecular formula is C22H24N4OS. The summed E-state index contributed by atoms with van der Waals surface area (Å²) < 4.78 is 5.81. The number of ether oxygens (including phenoxy) is 1. The van der Waals surface area contributed by atoms with Crippen LogP contribution < -0.4 is 10.1 Å². The van der Waals surface area contributed by atoms with Crippen molar-refractivity contribution in [2.24, 2.45) is 0 Å². The molecule has 1 aromatic carbocycles. The van der Waals surface area contributed by atoms with Gasteiger partial charge in [0.2, 0.25) is 0 Å². The SMILES string of the molecule is CCCCCCCOc1ccc(Nc2nc(-c3cccnc3)cs2)cc1C#N. The van der Waals surface area contributed by atoms with Crippen molar-refractivity contribution in [1.29, 1.82) is 5.26 Å². The van der Waals surface area contributed by atoms with Gasteiger partial charge < -0.3 is 10.1 Å². The van der Waals surface area contributed by atoms with Gasteiger partial charge in [-0.05, 0) is 36.8 Å². The van der Waals surface area contributed by atoms with E-state index in [9.17, 15) is 5.26 Å². The average Bonchev–Trinajstić information content (AvgIpc) is 3.20. The predicted molar refractivity (Wildman–Crippen MR) is 114 cm³/mol. The Morgan fingerprint density at radius 1 is 1.18 bits per heavy atom. The maximum absolute atomic E-state index is 9.46. The lowest BCUT2D eigenvalue weighted by atomic mass is 10.1. The molecule has 2 heterocycles. The summed E-state index contributed by atoms with van der Waals surface area (Å²) in [6, 6.07) is 11.7. The fraction of sp³-hybridized carbons (Fsp3) is 0.318. The Kier molecular flexibility index (Phi) is 7.39. The van der Waals surface area contributed by atoms with Crippen molar-refractivity contribution in [3.05, 3.63) is 53.7 Å². The molecule has 1 N–H and O–H groups in total. The lowest BCUT2D eigenvalue weighted by molar-refractivity contribution is 0.304. The zero-order valence-electron chi connectivity index (χ0n) is 16.0. The Balaban J connectivity index is 1.59. The molecule has 0 aliphatic rings. The number of nitrogens with zero attached hydrogens (tertiary/aromatic N) is 3. The molecule has 0 amide bonds. The second-order valence-corrected chi connectivity index (χ2v) is 7.35. The standard InChI is InChI=1S/C22H24N4OS/c1-2-3-4-5-6-12-27-21-10-9-19(13-18(21)14-23)25-22-26-20(16-28-22)17-8-7-11-24-15-17/h7-11,13,15-16H,2-6,12H2,1H3,(H,25,26). The van der Waals surface area contributed by atoms with Crippen LogP contribution in [0.2, 0.25) is 0 Å². The number of unbranched alkanes of at least 4 members (excludes halogenated alkanes) is 4. The van der Waals surface area contributed by atoms with E-state index in [4.69, 9.17) is 4.74 Å². The lowest BCUT2D eigenvalue weighted by Crippen LogP contribution is -2.00. The molecule has 2 aromatic heterocycles. The number of rotatable bonds is 10. The molecule has 0 fully saturated rings. The molecule has 28 heavy (non-hydrogen) atoms. The molecule has 0 aliphatic carbocycles. The third-order valence-electron chi connectivity index (χ3n) is 4.32. The molecule has 3 aromatic rings. The third-order valence-corrected chi connectivity index (χ3v) is 5.08. The first kappa shape index (κ1) is 19.8. The molecule has 0 saturated carbocycles.